The molecule has 0 radical (unpaired) electrons. The van der Waals surface area contributed by atoms with Gasteiger partial charge in [0.15, 0.2) is 5.82 Å². The van der Waals surface area contributed by atoms with E-state index in [1.165, 1.54) is 17.4 Å². The minimum atomic E-state index is -4.90. The molecule has 0 aliphatic rings. The van der Waals surface area contributed by atoms with Crippen LogP contribution in [0.1, 0.15) is 11.1 Å². The van der Waals surface area contributed by atoms with E-state index < -0.39 is 26.7 Å². The maximum absolute atomic E-state index is 13.6. The number of halogens is 3. The highest BCUT2D eigenvalue weighted by molar-refractivity contribution is 7.89. The van der Waals surface area contributed by atoms with Gasteiger partial charge in [0.05, 0.1) is 15.8 Å². The first-order valence-electron chi connectivity index (χ1n) is 10.8. The summed E-state index contributed by atoms with van der Waals surface area (Å²) in [6, 6.07) is 17.9. The van der Waals surface area contributed by atoms with Crippen LogP contribution in [0.15, 0.2) is 83.2 Å². The van der Waals surface area contributed by atoms with Crippen LogP contribution in [0.3, 0.4) is 0 Å². The zero-order chi connectivity index (χ0) is 26.2. The smallest absolute Gasteiger partial charge is 0.365 e. The van der Waals surface area contributed by atoms with Crippen molar-refractivity contribution >= 4 is 37.4 Å². The van der Waals surface area contributed by atoms with Gasteiger partial charge in [-0.05, 0) is 35.4 Å². The second kappa shape index (κ2) is 9.54. The fraction of sp³-hybridized carbons (Fsp3) is 0.0800. The molecule has 5 rings (SSSR count). The molecule has 0 fully saturated rings. The molecule has 3 heterocycles. The van der Waals surface area contributed by atoms with Crippen molar-refractivity contribution in [1.82, 2.24) is 15.0 Å². The molecule has 0 unspecified atom stereocenters. The van der Waals surface area contributed by atoms with E-state index in [-0.39, 0.29) is 12.1 Å². The first-order chi connectivity index (χ1) is 17.6. The summed E-state index contributed by atoms with van der Waals surface area (Å²) in [5, 5.41) is 10.8. The lowest BCUT2D eigenvalue weighted by molar-refractivity contribution is -0.139. The van der Waals surface area contributed by atoms with Crippen molar-refractivity contribution in [2.45, 2.75) is 17.6 Å². The molecule has 0 atom stereocenters. The van der Waals surface area contributed by atoms with Gasteiger partial charge in [0.2, 0.25) is 10.0 Å². The average Bonchev–Trinajstić information content (AvgIpc) is 3.31. The van der Waals surface area contributed by atoms with Gasteiger partial charge < -0.3 is 5.32 Å². The van der Waals surface area contributed by atoms with E-state index in [9.17, 15) is 21.6 Å². The summed E-state index contributed by atoms with van der Waals surface area (Å²) in [4.78, 5) is 13.3. The van der Waals surface area contributed by atoms with Crippen LogP contribution in [-0.2, 0) is 22.7 Å². The fourth-order valence-electron chi connectivity index (χ4n) is 3.85. The number of alkyl halides is 3. The van der Waals surface area contributed by atoms with Crippen LogP contribution in [0.2, 0.25) is 0 Å². The van der Waals surface area contributed by atoms with Crippen LogP contribution < -0.4 is 10.5 Å². The molecule has 37 heavy (non-hydrogen) atoms. The molecule has 0 aliphatic heterocycles. The number of thiophene rings is 1. The number of sulfonamides is 1. The molecule has 0 saturated carbocycles. The number of fused-ring (bicyclic) bond motifs is 1. The third-order valence-corrected chi connectivity index (χ3v) is 7.37. The molecule has 0 amide bonds. The maximum atomic E-state index is 13.6. The monoisotopic (exact) mass is 541 g/mol. The number of anilines is 1. The number of rotatable bonds is 6. The SMILES string of the molecule is NS(=O)(=O)c1ccc(CNc2nc(-c3ccccn3)nc3scc(-c4ccccc4)c23)cc1C(F)(F)F. The molecule has 0 aliphatic carbocycles. The van der Waals surface area contributed by atoms with Crippen LogP contribution in [0.4, 0.5) is 19.0 Å². The number of nitrogens with zero attached hydrogens (tertiary/aromatic N) is 3. The predicted octanol–water partition coefficient (Wildman–Crippen LogP) is 5.70. The molecule has 3 aromatic heterocycles. The lowest BCUT2D eigenvalue weighted by atomic mass is 10.1. The Kier molecular flexibility index (Phi) is 6.40. The summed E-state index contributed by atoms with van der Waals surface area (Å²) in [6.45, 7) is -0.0637. The van der Waals surface area contributed by atoms with Crippen LogP contribution >= 0.6 is 11.3 Å². The Hall–Kier alpha value is -3.87. The molecule has 7 nitrogen and oxygen atoms in total. The van der Waals surface area contributed by atoms with Gasteiger partial charge in [0, 0.05) is 23.7 Å². The van der Waals surface area contributed by atoms with E-state index >= 15 is 0 Å². The van der Waals surface area contributed by atoms with Crippen molar-refractivity contribution in [3.63, 3.8) is 0 Å². The number of pyridine rings is 1. The fourth-order valence-corrected chi connectivity index (χ4v) is 5.54. The number of nitrogens with two attached hydrogens (primary N) is 1. The van der Waals surface area contributed by atoms with E-state index in [2.05, 4.69) is 20.3 Å². The molecule has 0 saturated heterocycles. The van der Waals surface area contributed by atoms with E-state index in [0.717, 1.165) is 23.3 Å². The minimum absolute atomic E-state index is 0.0637. The summed E-state index contributed by atoms with van der Waals surface area (Å²) in [5.41, 5.74) is 1.22. The highest BCUT2D eigenvalue weighted by Gasteiger charge is 2.36. The average molecular weight is 542 g/mol. The second-order valence-corrected chi connectivity index (χ2v) is 10.4. The van der Waals surface area contributed by atoms with Gasteiger partial charge in [-0.15, -0.1) is 11.3 Å². The predicted molar refractivity (Wildman–Crippen MR) is 136 cm³/mol. The minimum Gasteiger partial charge on any atom is -0.365 e. The lowest BCUT2D eigenvalue weighted by Crippen LogP contribution is -2.19. The van der Waals surface area contributed by atoms with Crippen molar-refractivity contribution in [2.75, 3.05) is 5.32 Å². The zero-order valence-electron chi connectivity index (χ0n) is 18.9. The van der Waals surface area contributed by atoms with Gasteiger partial charge >= 0.3 is 6.18 Å². The standard InChI is InChI=1S/C25H18F3N5O2S2/c26-25(27,28)18-12-15(9-10-20(18)37(29,34)35)13-31-23-21-17(16-6-2-1-3-7-16)14-36-24(21)33-22(32-23)19-8-4-5-11-30-19/h1-12,14H,13H2,(H2,29,34,35)(H,31,32,33). The summed E-state index contributed by atoms with van der Waals surface area (Å²) in [6.07, 6.45) is -3.29. The largest absolute Gasteiger partial charge is 0.417 e. The number of hydrogen-bond acceptors (Lipinski definition) is 7. The van der Waals surface area contributed by atoms with Crippen LogP contribution in [0.5, 0.6) is 0 Å². The molecule has 188 valence electrons. The summed E-state index contributed by atoms with van der Waals surface area (Å²) >= 11 is 1.42. The quantitative estimate of drug-likeness (QED) is 0.285. The Labute approximate surface area is 213 Å². The van der Waals surface area contributed by atoms with Gasteiger partial charge in [0.1, 0.15) is 16.3 Å². The first kappa shape index (κ1) is 24.8. The Morgan fingerprint density at radius 3 is 2.41 bits per heavy atom. The summed E-state index contributed by atoms with van der Waals surface area (Å²) < 4.78 is 64.2. The van der Waals surface area contributed by atoms with E-state index in [1.807, 2.05) is 35.7 Å². The number of aromatic nitrogens is 3. The van der Waals surface area contributed by atoms with Crippen LogP contribution in [-0.4, -0.2) is 23.4 Å². The number of primary sulfonamides is 1. The highest BCUT2D eigenvalue weighted by Crippen LogP contribution is 2.39. The van der Waals surface area contributed by atoms with Crippen molar-refractivity contribution < 1.29 is 21.6 Å². The molecule has 5 aromatic rings. The van der Waals surface area contributed by atoms with E-state index in [1.54, 1.807) is 24.4 Å². The first-order valence-corrected chi connectivity index (χ1v) is 13.3. The Balaban J connectivity index is 1.60. The summed E-state index contributed by atoms with van der Waals surface area (Å²) in [7, 11) is -4.56. The summed E-state index contributed by atoms with van der Waals surface area (Å²) in [5.74, 6) is 0.771. The highest BCUT2D eigenvalue weighted by atomic mass is 32.2. The molecule has 2 aromatic carbocycles. The number of nitrogens with one attached hydrogen (secondary N) is 1. The van der Waals surface area contributed by atoms with Gasteiger partial charge in [0.25, 0.3) is 0 Å². The topological polar surface area (TPSA) is 111 Å². The van der Waals surface area contributed by atoms with Gasteiger partial charge in [-0.1, -0.05) is 42.5 Å². The normalized spacial score (nSPS) is 12.1. The van der Waals surface area contributed by atoms with Crippen molar-refractivity contribution in [3.8, 4) is 22.6 Å². The molecular formula is C25H18F3N5O2S2. The Morgan fingerprint density at radius 2 is 1.73 bits per heavy atom. The molecule has 12 heteroatoms. The van der Waals surface area contributed by atoms with Crippen molar-refractivity contribution in [1.29, 1.82) is 0 Å². The van der Waals surface area contributed by atoms with Crippen molar-refractivity contribution in [2.24, 2.45) is 5.14 Å². The number of hydrogen-bond donors (Lipinski definition) is 2. The molecule has 0 spiro atoms. The zero-order valence-corrected chi connectivity index (χ0v) is 20.5. The van der Waals surface area contributed by atoms with Gasteiger partial charge in [-0.2, -0.15) is 13.2 Å². The molecule has 0 bridgehead atoms. The third kappa shape index (κ3) is 5.17. The Bertz CT molecular complexity index is 1690. The lowest BCUT2D eigenvalue weighted by Gasteiger charge is -2.15. The maximum Gasteiger partial charge on any atom is 0.417 e. The van der Waals surface area contributed by atoms with E-state index in [0.29, 0.717) is 27.6 Å². The second-order valence-electron chi connectivity index (χ2n) is 8.03. The van der Waals surface area contributed by atoms with Gasteiger partial charge in [-0.25, -0.2) is 23.5 Å². The molecular weight excluding hydrogens is 523 g/mol. The van der Waals surface area contributed by atoms with E-state index in [4.69, 9.17) is 5.14 Å². The van der Waals surface area contributed by atoms with Crippen LogP contribution in [0.25, 0.3) is 32.9 Å². The molecule has 3 N–H and O–H groups in total. The number of benzene rings is 2. The van der Waals surface area contributed by atoms with Gasteiger partial charge in [-0.3, -0.25) is 4.98 Å². The Morgan fingerprint density at radius 1 is 0.973 bits per heavy atom. The third-order valence-electron chi connectivity index (χ3n) is 5.53. The van der Waals surface area contributed by atoms with Crippen molar-refractivity contribution in [3.05, 3.63) is 89.4 Å². The van der Waals surface area contributed by atoms with Crippen LogP contribution in [0, 0.1) is 0 Å².